The number of hydrogen-bond donors (Lipinski definition) is 0. The summed E-state index contributed by atoms with van der Waals surface area (Å²) in [5.41, 5.74) is 1.19. The van der Waals surface area contributed by atoms with Gasteiger partial charge < -0.3 is 14.2 Å². The smallest absolute Gasteiger partial charge is 0.257 e. The molecule has 8 heteroatoms. The first-order chi connectivity index (χ1) is 14.2. The predicted molar refractivity (Wildman–Crippen MR) is 105 cm³/mol. The predicted octanol–water partition coefficient (Wildman–Crippen LogP) is 3.02. The Morgan fingerprint density at radius 1 is 1.31 bits per heavy atom. The van der Waals surface area contributed by atoms with Crippen molar-refractivity contribution < 1.29 is 14.1 Å². The van der Waals surface area contributed by atoms with Crippen LogP contribution in [0.15, 0.2) is 47.4 Å². The Kier molecular flexibility index (Phi) is 5.79. The van der Waals surface area contributed by atoms with E-state index < -0.39 is 0 Å². The van der Waals surface area contributed by atoms with Gasteiger partial charge in [-0.15, -0.1) is 0 Å². The molecule has 1 aliphatic rings. The van der Waals surface area contributed by atoms with E-state index in [4.69, 9.17) is 9.26 Å². The van der Waals surface area contributed by atoms with Gasteiger partial charge in [0.15, 0.2) is 0 Å². The number of carbonyl (C=O) groups excluding carboxylic acids is 1. The van der Waals surface area contributed by atoms with Crippen molar-refractivity contribution >= 4 is 5.91 Å². The summed E-state index contributed by atoms with van der Waals surface area (Å²) in [7, 11) is 0. The molecule has 1 aliphatic heterocycles. The maximum atomic E-state index is 13.1. The number of ether oxygens (including phenoxy) is 1. The summed E-state index contributed by atoms with van der Waals surface area (Å²) >= 11 is 0. The van der Waals surface area contributed by atoms with Gasteiger partial charge in [0.05, 0.1) is 18.4 Å². The van der Waals surface area contributed by atoms with Crippen LogP contribution in [0.25, 0.3) is 11.5 Å². The van der Waals surface area contributed by atoms with Gasteiger partial charge in [0.25, 0.3) is 5.91 Å². The molecule has 150 valence electrons. The molecular formula is C21H23N5O3. The molecule has 1 aromatic carbocycles. The van der Waals surface area contributed by atoms with E-state index in [1.165, 1.54) is 0 Å². The minimum Gasteiger partial charge on any atom is -0.493 e. The summed E-state index contributed by atoms with van der Waals surface area (Å²) in [4.78, 5) is 27.6. The molecule has 0 saturated carbocycles. The number of hydrogen-bond acceptors (Lipinski definition) is 7. The third-order valence-corrected chi connectivity index (χ3v) is 4.95. The van der Waals surface area contributed by atoms with E-state index in [2.05, 4.69) is 20.1 Å². The second-order valence-corrected chi connectivity index (χ2v) is 7.00. The number of para-hydroxylation sites is 1. The minimum absolute atomic E-state index is 0.00419. The number of rotatable bonds is 6. The van der Waals surface area contributed by atoms with Crippen LogP contribution in [0.3, 0.4) is 0 Å². The SMILES string of the molecule is CCOc1ccccc1C(=O)N1CCC[C@@H](Cc2nc(-c3cnccn3)no2)C1. The highest BCUT2D eigenvalue weighted by Gasteiger charge is 2.27. The topological polar surface area (TPSA) is 94.2 Å². The lowest BCUT2D eigenvalue weighted by Crippen LogP contribution is -2.40. The van der Waals surface area contributed by atoms with E-state index in [9.17, 15) is 4.79 Å². The Balaban J connectivity index is 1.43. The average Bonchev–Trinajstić information content (AvgIpc) is 3.23. The standard InChI is InChI=1S/C21H23N5O3/c1-2-28-18-8-4-3-7-16(18)21(27)26-11-5-6-15(14-26)12-19-24-20(25-29-19)17-13-22-9-10-23-17/h3-4,7-10,13,15H,2,5-6,11-12,14H2,1H3/t15-/m0/s1. The van der Waals surface area contributed by atoms with Gasteiger partial charge in [-0.1, -0.05) is 17.3 Å². The molecule has 0 bridgehead atoms. The second-order valence-electron chi connectivity index (χ2n) is 7.00. The molecule has 1 saturated heterocycles. The van der Waals surface area contributed by atoms with Gasteiger partial charge in [-0.25, -0.2) is 4.98 Å². The summed E-state index contributed by atoms with van der Waals surface area (Å²) in [6, 6.07) is 7.40. The zero-order valence-corrected chi connectivity index (χ0v) is 16.3. The maximum Gasteiger partial charge on any atom is 0.257 e. The van der Waals surface area contributed by atoms with E-state index in [1.54, 1.807) is 18.6 Å². The van der Waals surface area contributed by atoms with Crippen molar-refractivity contribution in [1.29, 1.82) is 0 Å². The van der Waals surface area contributed by atoms with E-state index in [0.717, 1.165) is 19.4 Å². The molecule has 0 aliphatic carbocycles. The quantitative estimate of drug-likeness (QED) is 0.635. The monoisotopic (exact) mass is 393 g/mol. The molecule has 0 spiro atoms. The van der Waals surface area contributed by atoms with Crippen LogP contribution in [0.4, 0.5) is 0 Å². The lowest BCUT2D eigenvalue weighted by Gasteiger charge is -2.32. The van der Waals surface area contributed by atoms with Gasteiger partial charge in [0.2, 0.25) is 11.7 Å². The van der Waals surface area contributed by atoms with Gasteiger partial charge in [0, 0.05) is 31.9 Å². The van der Waals surface area contributed by atoms with Crippen molar-refractivity contribution in [1.82, 2.24) is 25.0 Å². The zero-order chi connectivity index (χ0) is 20.1. The van der Waals surface area contributed by atoms with Gasteiger partial charge in [-0.3, -0.25) is 9.78 Å². The fourth-order valence-electron chi connectivity index (χ4n) is 3.61. The average molecular weight is 393 g/mol. The Bertz CT molecular complexity index is 960. The normalized spacial score (nSPS) is 16.6. The van der Waals surface area contributed by atoms with Crippen molar-refractivity contribution in [2.75, 3.05) is 19.7 Å². The van der Waals surface area contributed by atoms with Gasteiger partial charge in [-0.2, -0.15) is 4.98 Å². The van der Waals surface area contributed by atoms with Gasteiger partial charge in [-0.05, 0) is 37.8 Å². The lowest BCUT2D eigenvalue weighted by molar-refractivity contribution is 0.0664. The van der Waals surface area contributed by atoms with E-state index >= 15 is 0 Å². The molecule has 8 nitrogen and oxygen atoms in total. The highest BCUT2D eigenvalue weighted by Crippen LogP contribution is 2.25. The van der Waals surface area contributed by atoms with Crippen LogP contribution in [0.2, 0.25) is 0 Å². The van der Waals surface area contributed by atoms with Crippen LogP contribution < -0.4 is 4.74 Å². The van der Waals surface area contributed by atoms with Crippen molar-refractivity contribution in [2.24, 2.45) is 5.92 Å². The van der Waals surface area contributed by atoms with E-state index in [-0.39, 0.29) is 11.8 Å². The third kappa shape index (κ3) is 4.42. The van der Waals surface area contributed by atoms with Crippen LogP contribution in [0.5, 0.6) is 5.75 Å². The van der Waals surface area contributed by atoms with Gasteiger partial charge >= 0.3 is 0 Å². The number of nitrogens with zero attached hydrogens (tertiary/aromatic N) is 5. The zero-order valence-electron chi connectivity index (χ0n) is 16.3. The number of aromatic nitrogens is 4. The Morgan fingerprint density at radius 3 is 3.03 bits per heavy atom. The van der Waals surface area contributed by atoms with Crippen molar-refractivity contribution in [2.45, 2.75) is 26.2 Å². The van der Waals surface area contributed by atoms with Crippen LogP contribution in [0.1, 0.15) is 36.0 Å². The Hall–Kier alpha value is -3.29. The summed E-state index contributed by atoms with van der Waals surface area (Å²) < 4.78 is 11.0. The number of carbonyl (C=O) groups is 1. The first-order valence-corrected chi connectivity index (χ1v) is 9.84. The molecule has 0 N–H and O–H groups in total. The number of piperidine rings is 1. The molecule has 2 aromatic heterocycles. The fraction of sp³-hybridized carbons (Fsp3) is 0.381. The van der Waals surface area contributed by atoms with E-state index in [0.29, 0.717) is 48.3 Å². The van der Waals surface area contributed by atoms with Crippen LogP contribution in [-0.4, -0.2) is 50.6 Å². The fourth-order valence-corrected chi connectivity index (χ4v) is 3.61. The molecule has 3 aromatic rings. The minimum atomic E-state index is 0.00419. The third-order valence-electron chi connectivity index (χ3n) is 4.95. The van der Waals surface area contributed by atoms with Crippen molar-refractivity contribution in [3.63, 3.8) is 0 Å². The van der Waals surface area contributed by atoms with Crippen LogP contribution >= 0.6 is 0 Å². The Labute approximate surface area is 168 Å². The molecule has 1 atom stereocenters. The first kappa shape index (κ1) is 19.0. The van der Waals surface area contributed by atoms with Crippen molar-refractivity contribution in [3.8, 4) is 17.3 Å². The second kappa shape index (κ2) is 8.81. The molecule has 0 unspecified atom stereocenters. The first-order valence-electron chi connectivity index (χ1n) is 9.84. The summed E-state index contributed by atoms with van der Waals surface area (Å²) in [5, 5.41) is 4.00. The van der Waals surface area contributed by atoms with Crippen LogP contribution in [-0.2, 0) is 6.42 Å². The largest absolute Gasteiger partial charge is 0.493 e. The van der Waals surface area contributed by atoms with Gasteiger partial charge in [0.1, 0.15) is 11.4 Å². The molecule has 1 fully saturated rings. The number of amides is 1. The maximum absolute atomic E-state index is 13.1. The van der Waals surface area contributed by atoms with Crippen LogP contribution in [0, 0.1) is 5.92 Å². The summed E-state index contributed by atoms with van der Waals surface area (Å²) in [6.45, 7) is 3.84. The summed E-state index contributed by atoms with van der Waals surface area (Å²) in [6.07, 6.45) is 7.38. The lowest BCUT2D eigenvalue weighted by atomic mass is 9.94. The molecule has 3 heterocycles. The molecule has 0 radical (unpaired) electrons. The van der Waals surface area contributed by atoms with Crippen molar-refractivity contribution in [3.05, 3.63) is 54.3 Å². The number of likely N-dealkylation sites (tertiary alicyclic amines) is 1. The molecule has 29 heavy (non-hydrogen) atoms. The van der Waals surface area contributed by atoms with E-state index in [1.807, 2.05) is 36.1 Å². The number of benzene rings is 1. The molecule has 4 rings (SSSR count). The summed E-state index contributed by atoms with van der Waals surface area (Å²) in [5.74, 6) is 1.89. The molecule has 1 amide bonds. The molecular weight excluding hydrogens is 370 g/mol. The highest BCUT2D eigenvalue weighted by molar-refractivity contribution is 5.97. The highest BCUT2D eigenvalue weighted by atomic mass is 16.5. The Morgan fingerprint density at radius 2 is 2.21 bits per heavy atom.